The van der Waals surface area contributed by atoms with Crippen LogP contribution in [0.5, 0.6) is 5.75 Å². The molecule has 1 heterocycles. The summed E-state index contributed by atoms with van der Waals surface area (Å²) in [4.78, 5) is 2.37. The minimum atomic E-state index is -4.64. The number of halogens is 3. The zero-order chi connectivity index (χ0) is 14.3. The summed E-state index contributed by atoms with van der Waals surface area (Å²) in [7, 11) is 0. The third-order valence-electron chi connectivity index (χ3n) is 4.02. The van der Waals surface area contributed by atoms with Gasteiger partial charge < -0.3 is 4.74 Å². The Morgan fingerprint density at radius 3 is 2.80 bits per heavy atom. The Kier molecular flexibility index (Phi) is 3.24. The molecule has 1 aromatic carbocycles. The van der Waals surface area contributed by atoms with Crippen molar-refractivity contribution in [2.24, 2.45) is 5.92 Å². The molecule has 0 spiro atoms. The molecule has 0 aromatic heterocycles. The second-order valence-corrected chi connectivity index (χ2v) is 5.30. The summed E-state index contributed by atoms with van der Waals surface area (Å²) < 4.78 is 40.8. The molecule has 2 bridgehead atoms. The number of likely N-dealkylation sites (N-methyl/N-ethyl adjacent to an activating group) is 1. The predicted molar refractivity (Wildman–Crippen MR) is 70.2 cm³/mol. The van der Waals surface area contributed by atoms with Gasteiger partial charge in [-0.3, -0.25) is 4.90 Å². The maximum absolute atomic E-state index is 12.3. The van der Waals surface area contributed by atoms with E-state index in [0.717, 1.165) is 30.6 Å². The van der Waals surface area contributed by atoms with Gasteiger partial charge in [-0.1, -0.05) is 25.1 Å². The summed E-state index contributed by atoms with van der Waals surface area (Å²) in [5, 5.41) is 0. The van der Waals surface area contributed by atoms with Gasteiger partial charge in [0.1, 0.15) is 5.75 Å². The zero-order valence-electron chi connectivity index (χ0n) is 11.2. The molecule has 1 fully saturated rings. The quantitative estimate of drug-likeness (QED) is 0.838. The number of alkyl halides is 3. The van der Waals surface area contributed by atoms with Gasteiger partial charge in [0, 0.05) is 12.6 Å². The number of nitrogens with zero attached hydrogens (tertiary/aromatic N) is 1. The highest BCUT2D eigenvalue weighted by Crippen LogP contribution is 2.42. The van der Waals surface area contributed by atoms with Crippen LogP contribution < -0.4 is 4.74 Å². The summed E-state index contributed by atoms with van der Waals surface area (Å²) >= 11 is 0. The number of ether oxygens (including phenoxy) is 1. The number of fused-ring (bicyclic) bond motifs is 2. The first kappa shape index (κ1) is 13.5. The maximum atomic E-state index is 12.3. The van der Waals surface area contributed by atoms with Crippen LogP contribution in [0.3, 0.4) is 0 Å². The van der Waals surface area contributed by atoms with Crippen molar-refractivity contribution in [3.05, 3.63) is 35.9 Å². The van der Waals surface area contributed by atoms with Crippen molar-refractivity contribution in [1.29, 1.82) is 0 Å². The van der Waals surface area contributed by atoms with Gasteiger partial charge >= 0.3 is 6.36 Å². The van der Waals surface area contributed by atoms with Crippen LogP contribution >= 0.6 is 0 Å². The first-order valence-electron chi connectivity index (χ1n) is 6.78. The second-order valence-electron chi connectivity index (χ2n) is 5.30. The fourth-order valence-electron chi connectivity index (χ4n) is 3.26. The Morgan fingerprint density at radius 2 is 2.15 bits per heavy atom. The van der Waals surface area contributed by atoms with Crippen molar-refractivity contribution in [3.63, 3.8) is 0 Å². The lowest BCUT2D eigenvalue weighted by molar-refractivity contribution is -0.274. The standard InChI is InChI=1S/C15H16F3NO/c1-2-19-9-10-6-13(14(19)7-10)11-4-3-5-12(8-11)20-15(16,17)18/h3-6,8,10,14H,2,7,9H2,1H3. The van der Waals surface area contributed by atoms with Gasteiger partial charge in [-0.15, -0.1) is 13.2 Å². The van der Waals surface area contributed by atoms with Crippen molar-refractivity contribution in [1.82, 2.24) is 4.90 Å². The maximum Gasteiger partial charge on any atom is 0.573 e. The van der Waals surface area contributed by atoms with Crippen LogP contribution in [-0.2, 0) is 0 Å². The fourth-order valence-corrected chi connectivity index (χ4v) is 3.26. The Bertz CT molecular complexity index is 538. The fraction of sp³-hybridized carbons (Fsp3) is 0.467. The molecule has 2 atom stereocenters. The summed E-state index contributed by atoms with van der Waals surface area (Å²) in [6.07, 6.45) is -1.37. The van der Waals surface area contributed by atoms with Crippen LogP contribution in [0, 0.1) is 5.92 Å². The van der Waals surface area contributed by atoms with E-state index >= 15 is 0 Å². The minimum Gasteiger partial charge on any atom is -0.406 e. The minimum absolute atomic E-state index is 0.151. The van der Waals surface area contributed by atoms with E-state index < -0.39 is 6.36 Å². The van der Waals surface area contributed by atoms with Crippen molar-refractivity contribution in [2.45, 2.75) is 25.7 Å². The van der Waals surface area contributed by atoms with E-state index in [-0.39, 0.29) is 5.75 Å². The molecule has 1 aliphatic carbocycles. The largest absolute Gasteiger partial charge is 0.573 e. The monoisotopic (exact) mass is 283 g/mol. The summed E-state index contributed by atoms with van der Waals surface area (Å²) in [5.74, 6) is 0.379. The first-order valence-corrected chi connectivity index (χ1v) is 6.78. The molecule has 2 unspecified atom stereocenters. The van der Waals surface area contributed by atoms with Gasteiger partial charge in [-0.05, 0) is 42.2 Å². The second kappa shape index (κ2) is 4.81. The SMILES string of the molecule is CCN1CC2C=C(c3cccc(OC(F)(F)F)c3)C1C2. The van der Waals surface area contributed by atoms with E-state index in [1.165, 1.54) is 12.1 Å². The number of benzene rings is 1. The molecule has 0 amide bonds. The normalized spacial score (nSPS) is 25.9. The highest BCUT2D eigenvalue weighted by atomic mass is 19.4. The Balaban J connectivity index is 1.85. The molecule has 3 rings (SSSR count). The molecule has 0 N–H and O–H groups in total. The number of rotatable bonds is 3. The van der Waals surface area contributed by atoms with Gasteiger partial charge in [0.2, 0.25) is 0 Å². The molecule has 0 saturated carbocycles. The van der Waals surface area contributed by atoms with Crippen LogP contribution in [-0.4, -0.2) is 30.4 Å². The highest BCUT2D eigenvalue weighted by Gasteiger charge is 2.38. The van der Waals surface area contributed by atoms with E-state index in [2.05, 4.69) is 22.6 Å². The summed E-state index contributed by atoms with van der Waals surface area (Å²) in [6.45, 7) is 4.14. The first-order chi connectivity index (χ1) is 9.46. The molecule has 2 aliphatic rings. The topological polar surface area (TPSA) is 12.5 Å². The molecule has 108 valence electrons. The summed E-state index contributed by atoms with van der Waals surface area (Å²) in [5.41, 5.74) is 1.97. The lowest BCUT2D eigenvalue weighted by Gasteiger charge is -2.27. The van der Waals surface area contributed by atoms with E-state index in [1.807, 2.05) is 6.07 Å². The van der Waals surface area contributed by atoms with Crippen LogP contribution in [0.1, 0.15) is 18.9 Å². The van der Waals surface area contributed by atoms with E-state index in [9.17, 15) is 13.2 Å². The molecule has 5 heteroatoms. The average molecular weight is 283 g/mol. The van der Waals surface area contributed by atoms with Crippen LogP contribution in [0.15, 0.2) is 30.3 Å². The third kappa shape index (κ3) is 2.54. The smallest absolute Gasteiger partial charge is 0.406 e. The van der Waals surface area contributed by atoms with Gasteiger partial charge in [0.05, 0.1) is 0 Å². The van der Waals surface area contributed by atoms with Crippen molar-refractivity contribution in [3.8, 4) is 5.75 Å². The van der Waals surface area contributed by atoms with Crippen LogP contribution in [0.25, 0.3) is 5.57 Å². The number of hydrogen-bond donors (Lipinski definition) is 0. The number of likely N-dealkylation sites (tertiary alicyclic amines) is 1. The van der Waals surface area contributed by atoms with Crippen molar-refractivity contribution < 1.29 is 17.9 Å². The Hall–Kier alpha value is -1.49. The predicted octanol–water partition coefficient (Wildman–Crippen LogP) is 3.69. The average Bonchev–Trinajstić information content (AvgIpc) is 2.96. The number of hydrogen-bond acceptors (Lipinski definition) is 2. The van der Waals surface area contributed by atoms with Gasteiger partial charge in [-0.25, -0.2) is 0 Å². The third-order valence-corrected chi connectivity index (χ3v) is 4.02. The Morgan fingerprint density at radius 1 is 1.35 bits per heavy atom. The molecule has 1 aliphatic heterocycles. The summed E-state index contributed by atoms with van der Waals surface area (Å²) in [6, 6.07) is 6.62. The lowest BCUT2D eigenvalue weighted by Crippen LogP contribution is -2.31. The van der Waals surface area contributed by atoms with Crippen LogP contribution in [0.2, 0.25) is 0 Å². The van der Waals surface area contributed by atoms with Gasteiger partial charge in [0.15, 0.2) is 0 Å². The van der Waals surface area contributed by atoms with E-state index in [0.29, 0.717) is 12.0 Å². The van der Waals surface area contributed by atoms with Gasteiger partial charge in [-0.2, -0.15) is 0 Å². The molecule has 20 heavy (non-hydrogen) atoms. The van der Waals surface area contributed by atoms with Crippen molar-refractivity contribution >= 4 is 5.57 Å². The van der Waals surface area contributed by atoms with Gasteiger partial charge in [0.25, 0.3) is 0 Å². The molecule has 1 saturated heterocycles. The van der Waals surface area contributed by atoms with E-state index in [1.54, 1.807) is 6.07 Å². The molecule has 2 nitrogen and oxygen atoms in total. The highest BCUT2D eigenvalue weighted by molar-refractivity contribution is 5.73. The molecule has 0 radical (unpaired) electrons. The van der Waals surface area contributed by atoms with E-state index in [4.69, 9.17) is 0 Å². The molecular formula is C15H16F3NO. The molecule has 1 aromatic rings. The zero-order valence-corrected chi connectivity index (χ0v) is 11.2. The Labute approximate surface area is 115 Å². The van der Waals surface area contributed by atoms with Crippen LogP contribution in [0.4, 0.5) is 13.2 Å². The van der Waals surface area contributed by atoms with Crippen molar-refractivity contribution in [2.75, 3.05) is 13.1 Å². The molecular weight excluding hydrogens is 267 g/mol. The lowest BCUT2D eigenvalue weighted by atomic mass is 10.00.